The Morgan fingerprint density at radius 3 is 2.48 bits per heavy atom. The molecule has 3 amide bonds. The van der Waals surface area contributed by atoms with Crippen molar-refractivity contribution >= 4 is 23.4 Å². The fourth-order valence-electron chi connectivity index (χ4n) is 4.32. The Hall–Kier alpha value is -2.37. The molecule has 0 unspecified atom stereocenters. The molecule has 1 heterocycles. The van der Waals surface area contributed by atoms with Crippen LogP contribution >= 0.6 is 0 Å². The molecule has 1 saturated carbocycles. The van der Waals surface area contributed by atoms with Crippen molar-refractivity contribution in [1.82, 2.24) is 10.2 Å². The first-order valence-corrected chi connectivity index (χ1v) is 9.83. The average molecular weight is 371 g/mol. The summed E-state index contributed by atoms with van der Waals surface area (Å²) < 4.78 is 0. The molecule has 4 atom stereocenters. The third-order valence-corrected chi connectivity index (χ3v) is 6.24. The molecule has 3 rings (SSSR count). The molecule has 2 aliphatic rings. The predicted octanol–water partition coefficient (Wildman–Crippen LogP) is 2.66. The number of benzene rings is 1. The third kappa shape index (κ3) is 4.15. The summed E-state index contributed by atoms with van der Waals surface area (Å²) in [7, 11) is 1.58. The van der Waals surface area contributed by atoms with Gasteiger partial charge in [-0.3, -0.25) is 14.4 Å². The van der Waals surface area contributed by atoms with Gasteiger partial charge in [-0.2, -0.15) is 0 Å². The lowest BCUT2D eigenvalue weighted by atomic mass is 9.77. The van der Waals surface area contributed by atoms with E-state index in [1.54, 1.807) is 31.3 Å². The van der Waals surface area contributed by atoms with Crippen LogP contribution in [0, 0.1) is 17.8 Å². The molecule has 27 heavy (non-hydrogen) atoms. The van der Waals surface area contributed by atoms with E-state index in [-0.39, 0.29) is 36.1 Å². The maximum atomic E-state index is 12.6. The molecular weight excluding hydrogens is 342 g/mol. The second-order valence-electron chi connectivity index (χ2n) is 7.93. The SMILES string of the molecule is CNC(=O)c1ccc(NC(=O)[C@@H]2CC(=O)N([C@@H]3CCC[C@H](C)[C@@H]3C)C2)cc1. The zero-order valence-corrected chi connectivity index (χ0v) is 16.3. The van der Waals surface area contributed by atoms with Gasteiger partial charge in [0.05, 0.1) is 5.92 Å². The lowest BCUT2D eigenvalue weighted by molar-refractivity contribution is -0.131. The zero-order valence-electron chi connectivity index (χ0n) is 16.3. The molecule has 0 spiro atoms. The molecule has 6 heteroatoms. The normalized spacial score (nSPS) is 28.1. The van der Waals surface area contributed by atoms with Crippen LogP contribution in [-0.2, 0) is 9.59 Å². The number of hydrogen-bond acceptors (Lipinski definition) is 3. The average Bonchev–Trinajstić information content (AvgIpc) is 3.05. The van der Waals surface area contributed by atoms with Gasteiger partial charge in [-0.15, -0.1) is 0 Å². The quantitative estimate of drug-likeness (QED) is 0.854. The fraction of sp³-hybridized carbons (Fsp3) is 0.571. The summed E-state index contributed by atoms with van der Waals surface area (Å²) in [5.41, 5.74) is 1.18. The molecule has 146 valence electrons. The van der Waals surface area contributed by atoms with E-state index in [0.29, 0.717) is 29.6 Å². The molecule has 0 radical (unpaired) electrons. The van der Waals surface area contributed by atoms with Crippen LogP contribution in [0.5, 0.6) is 0 Å². The Bertz CT molecular complexity index is 716. The van der Waals surface area contributed by atoms with Crippen LogP contribution in [0.1, 0.15) is 49.9 Å². The van der Waals surface area contributed by atoms with E-state index in [9.17, 15) is 14.4 Å². The molecule has 1 aromatic carbocycles. The first kappa shape index (κ1) is 19.4. The number of anilines is 1. The van der Waals surface area contributed by atoms with Gasteiger partial charge in [-0.1, -0.05) is 26.7 Å². The molecule has 1 aliphatic carbocycles. The minimum absolute atomic E-state index is 0.0936. The van der Waals surface area contributed by atoms with Gasteiger partial charge in [0.1, 0.15) is 0 Å². The van der Waals surface area contributed by atoms with Crippen LogP contribution < -0.4 is 10.6 Å². The van der Waals surface area contributed by atoms with E-state index in [2.05, 4.69) is 24.5 Å². The number of amides is 3. The first-order chi connectivity index (χ1) is 12.9. The van der Waals surface area contributed by atoms with Gasteiger partial charge in [-0.25, -0.2) is 0 Å². The topological polar surface area (TPSA) is 78.5 Å². The van der Waals surface area contributed by atoms with Gasteiger partial charge in [0, 0.05) is 37.3 Å². The Labute approximate surface area is 160 Å². The predicted molar refractivity (Wildman–Crippen MR) is 104 cm³/mol. The summed E-state index contributed by atoms with van der Waals surface area (Å²) in [6.07, 6.45) is 3.68. The van der Waals surface area contributed by atoms with Crippen molar-refractivity contribution in [2.24, 2.45) is 17.8 Å². The van der Waals surface area contributed by atoms with Gasteiger partial charge in [-0.05, 0) is 42.5 Å². The molecule has 2 N–H and O–H groups in total. The summed E-state index contributed by atoms with van der Waals surface area (Å²) in [6, 6.07) is 7.02. The van der Waals surface area contributed by atoms with E-state index in [4.69, 9.17) is 0 Å². The minimum atomic E-state index is -0.319. The van der Waals surface area contributed by atoms with Gasteiger partial charge >= 0.3 is 0 Å². The second kappa shape index (κ2) is 8.11. The summed E-state index contributed by atoms with van der Waals surface area (Å²) in [5, 5.41) is 5.45. The third-order valence-electron chi connectivity index (χ3n) is 6.24. The Balaban J connectivity index is 1.61. The molecule has 1 aliphatic heterocycles. The highest BCUT2D eigenvalue weighted by Gasteiger charge is 2.41. The lowest BCUT2D eigenvalue weighted by Gasteiger charge is -2.40. The van der Waals surface area contributed by atoms with Crippen LogP contribution in [0.4, 0.5) is 5.69 Å². The largest absolute Gasteiger partial charge is 0.355 e. The van der Waals surface area contributed by atoms with Gasteiger partial charge in [0.2, 0.25) is 11.8 Å². The van der Waals surface area contributed by atoms with E-state index < -0.39 is 0 Å². The van der Waals surface area contributed by atoms with E-state index in [1.165, 1.54) is 6.42 Å². The van der Waals surface area contributed by atoms with Crippen molar-refractivity contribution in [3.8, 4) is 0 Å². The van der Waals surface area contributed by atoms with Crippen LogP contribution in [-0.4, -0.2) is 42.3 Å². The maximum absolute atomic E-state index is 12.6. The highest BCUT2D eigenvalue weighted by atomic mass is 16.2. The second-order valence-corrected chi connectivity index (χ2v) is 7.93. The Morgan fingerprint density at radius 1 is 1.11 bits per heavy atom. The Morgan fingerprint density at radius 2 is 1.81 bits per heavy atom. The number of carbonyl (C=O) groups excluding carboxylic acids is 3. The number of carbonyl (C=O) groups is 3. The van der Waals surface area contributed by atoms with Crippen LogP contribution in [0.25, 0.3) is 0 Å². The number of nitrogens with zero attached hydrogens (tertiary/aromatic N) is 1. The summed E-state index contributed by atoms with van der Waals surface area (Å²) in [6.45, 7) is 4.98. The van der Waals surface area contributed by atoms with Crippen molar-refractivity contribution in [1.29, 1.82) is 0 Å². The van der Waals surface area contributed by atoms with Crippen LogP contribution in [0.15, 0.2) is 24.3 Å². The van der Waals surface area contributed by atoms with Gasteiger partial charge in [0.25, 0.3) is 5.91 Å². The summed E-state index contributed by atoms with van der Waals surface area (Å²) in [5.74, 6) is 0.567. The van der Waals surface area contributed by atoms with Crippen molar-refractivity contribution in [3.05, 3.63) is 29.8 Å². The standard InChI is InChI=1S/C21H29N3O3/c1-13-5-4-6-18(14(13)2)24-12-16(11-19(24)25)21(27)23-17-9-7-15(8-10-17)20(26)22-3/h7-10,13-14,16,18H,4-6,11-12H2,1-3H3,(H,22,26)(H,23,27)/t13-,14-,16+,18+/m0/s1. The highest BCUT2D eigenvalue weighted by molar-refractivity contribution is 5.98. The molecule has 6 nitrogen and oxygen atoms in total. The van der Waals surface area contributed by atoms with Gasteiger partial charge in [0.15, 0.2) is 0 Å². The maximum Gasteiger partial charge on any atom is 0.251 e. The Kier molecular flexibility index (Phi) is 5.82. The molecule has 1 saturated heterocycles. The van der Waals surface area contributed by atoms with Crippen LogP contribution in [0.3, 0.4) is 0 Å². The summed E-state index contributed by atoms with van der Waals surface area (Å²) in [4.78, 5) is 38.7. The molecule has 1 aromatic rings. The molecule has 0 bridgehead atoms. The van der Waals surface area contributed by atoms with Crippen molar-refractivity contribution in [3.63, 3.8) is 0 Å². The number of rotatable bonds is 4. The van der Waals surface area contributed by atoms with E-state index in [1.807, 2.05) is 4.90 Å². The van der Waals surface area contributed by atoms with Crippen molar-refractivity contribution in [2.75, 3.05) is 18.9 Å². The number of likely N-dealkylation sites (tertiary alicyclic amines) is 1. The lowest BCUT2D eigenvalue weighted by Crippen LogP contribution is -2.45. The highest BCUT2D eigenvalue weighted by Crippen LogP contribution is 2.35. The van der Waals surface area contributed by atoms with Gasteiger partial charge < -0.3 is 15.5 Å². The molecular formula is C21H29N3O3. The zero-order chi connectivity index (χ0) is 19.6. The number of nitrogens with one attached hydrogen (secondary N) is 2. The minimum Gasteiger partial charge on any atom is -0.355 e. The first-order valence-electron chi connectivity index (χ1n) is 9.83. The number of hydrogen-bond donors (Lipinski definition) is 2. The smallest absolute Gasteiger partial charge is 0.251 e. The fourth-order valence-corrected chi connectivity index (χ4v) is 4.32. The summed E-state index contributed by atoms with van der Waals surface area (Å²) >= 11 is 0. The molecule has 0 aromatic heterocycles. The van der Waals surface area contributed by atoms with Crippen LogP contribution in [0.2, 0.25) is 0 Å². The monoisotopic (exact) mass is 371 g/mol. The van der Waals surface area contributed by atoms with E-state index >= 15 is 0 Å². The van der Waals surface area contributed by atoms with E-state index in [0.717, 1.165) is 12.8 Å². The van der Waals surface area contributed by atoms with Crippen molar-refractivity contribution in [2.45, 2.75) is 45.6 Å². The van der Waals surface area contributed by atoms with Crippen molar-refractivity contribution < 1.29 is 14.4 Å². The molecule has 2 fully saturated rings.